The van der Waals surface area contributed by atoms with E-state index in [2.05, 4.69) is 20.0 Å². The van der Waals surface area contributed by atoms with Gasteiger partial charge in [-0.25, -0.2) is 9.97 Å². The fourth-order valence-electron chi connectivity index (χ4n) is 3.21. The van der Waals surface area contributed by atoms with Gasteiger partial charge in [-0.05, 0) is 37.0 Å². The molecule has 1 atom stereocenters. The van der Waals surface area contributed by atoms with Crippen molar-refractivity contribution in [3.05, 3.63) is 36.4 Å². The molecule has 9 heteroatoms. The molecule has 1 saturated heterocycles. The van der Waals surface area contributed by atoms with Gasteiger partial charge in [-0.3, -0.25) is 4.68 Å². The summed E-state index contributed by atoms with van der Waals surface area (Å²) < 4.78 is 41.2. The fourth-order valence-corrected chi connectivity index (χ4v) is 4.19. The lowest BCUT2D eigenvalue weighted by atomic mass is 9.98. The maximum atomic E-state index is 12.9. The van der Waals surface area contributed by atoms with E-state index in [0.717, 1.165) is 54.4 Å². The van der Waals surface area contributed by atoms with E-state index in [4.69, 9.17) is 0 Å². The van der Waals surface area contributed by atoms with E-state index in [-0.39, 0.29) is 0 Å². The van der Waals surface area contributed by atoms with Crippen LogP contribution in [-0.4, -0.2) is 32.8 Å². The summed E-state index contributed by atoms with van der Waals surface area (Å²) in [5.74, 6) is 0.424. The van der Waals surface area contributed by atoms with Crippen molar-refractivity contribution in [2.24, 2.45) is 5.92 Å². The standard InChI is InChI=1S/C16H16F3N5S/c17-16(18,19)12-3-4-14-13(6-12)22-15(25-14)23-5-1-2-11(7-23)8-24-10-20-9-21-24/h3-4,6,9-11H,1-2,5,7-8H2. The van der Waals surface area contributed by atoms with Crippen LogP contribution in [0, 0.1) is 5.92 Å². The molecule has 1 aliphatic heterocycles. The van der Waals surface area contributed by atoms with E-state index >= 15 is 0 Å². The molecule has 1 aromatic carbocycles. The van der Waals surface area contributed by atoms with Crippen LogP contribution in [-0.2, 0) is 12.7 Å². The predicted molar refractivity (Wildman–Crippen MR) is 89.6 cm³/mol. The molecule has 0 amide bonds. The zero-order valence-corrected chi connectivity index (χ0v) is 14.1. The van der Waals surface area contributed by atoms with Crippen molar-refractivity contribution in [3.8, 4) is 0 Å². The Morgan fingerprint density at radius 1 is 1.28 bits per heavy atom. The minimum Gasteiger partial charge on any atom is -0.348 e. The summed E-state index contributed by atoms with van der Waals surface area (Å²) in [6.45, 7) is 2.49. The summed E-state index contributed by atoms with van der Waals surface area (Å²) >= 11 is 1.45. The van der Waals surface area contributed by atoms with Gasteiger partial charge in [0.15, 0.2) is 5.13 Å². The second kappa shape index (κ2) is 6.29. The molecule has 0 N–H and O–H groups in total. The molecular formula is C16H16F3N5S. The SMILES string of the molecule is FC(F)(F)c1ccc2sc(N3CCCC(Cn4cncn4)C3)nc2c1. The van der Waals surface area contributed by atoms with Crippen molar-refractivity contribution in [2.45, 2.75) is 25.6 Å². The van der Waals surface area contributed by atoms with E-state index in [1.54, 1.807) is 6.33 Å². The number of fused-ring (bicyclic) bond motifs is 1. The van der Waals surface area contributed by atoms with Gasteiger partial charge in [-0.15, -0.1) is 0 Å². The molecular weight excluding hydrogens is 351 g/mol. The number of rotatable bonds is 3. The largest absolute Gasteiger partial charge is 0.416 e. The number of hydrogen-bond acceptors (Lipinski definition) is 5. The molecule has 0 bridgehead atoms. The van der Waals surface area contributed by atoms with E-state index in [9.17, 15) is 13.2 Å². The van der Waals surface area contributed by atoms with Gasteiger partial charge in [0.1, 0.15) is 12.7 Å². The average molecular weight is 367 g/mol. The molecule has 0 aliphatic carbocycles. The number of benzene rings is 1. The summed E-state index contributed by atoms with van der Waals surface area (Å²) in [6, 6.07) is 3.76. The van der Waals surface area contributed by atoms with E-state index in [1.165, 1.54) is 23.7 Å². The third-order valence-electron chi connectivity index (χ3n) is 4.40. The Hall–Kier alpha value is -2.16. The number of aromatic nitrogens is 4. The van der Waals surface area contributed by atoms with Gasteiger partial charge in [0, 0.05) is 19.6 Å². The Morgan fingerprint density at radius 2 is 2.16 bits per heavy atom. The van der Waals surface area contributed by atoms with Crippen molar-refractivity contribution in [1.82, 2.24) is 19.7 Å². The molecule has 5 nitrogen and oxygen atoms in total. The van der Waals surface area contributed by atoms with Crippen LogP contribution in [0.4, 0.5) is 18.3 Å². The molecule has 1 unspecified atom stereocenters. The van der Waals surface area contributed by atoms with Crippen LogP contribution in [0.1, 0.15) is 18.4 Å². The Morgan fingerprint density at radius 3 is 2.92 bits per heavy atom. The number of piperidine rings is 1. The third kappa shape index (κ3) is 3.46. The summed E-state index contributed by atoms with van der Waals surface area (Å²) in [6.07, 6.45) is 1.01. The fraction of sp³-hybridized carbons (Fsp3) is 0.438. The second-order valence-corrected chi connectivity index (χ2v) is 7.26. The Labute approximate surface area is 146 Å². The quantitative estimate of drug-likeness (QED) is 0.706. The van der Waals surface area contributed by atoms with Crippen LogP contribution in [0.5, 0.6) is 0 Å². The van der Waals surface area contributed by atoms with Crippen LogP contribution < -0.4 is 4.90 Å². The van der Waals surface area contributed by atoms with E-state index in [0.29, 0.717) is 11.4 Å². The summed E-state index contributed by atoms with van der Waals surface area (Å²) in [7, 11) is 0. The van der Waals surface area contributed by atoms with Crippen LogP contribution in [0.15, 0.2) is 30.9 Å². The number of alkyl halides is 3. The third-order valence-corrected chi connectivity index (χ3v) is 5.50. The minimum absolute atomic E-state index is 0.410. The van der Waals surface area contributed by atoms with Crippen molar-refractivity contribution >= 4 is 26.7 Å². The highest BCUT2D eigenvalue weighted by molar-refractivity contribution is 7.22. The molecule has 1 fully saturated rings. The smallest absolute Gasteiger partial charge is 0.348 e. The van der Waals surface area contributed by atoms with Gasteiger partial charge in [0.2, 0.25) is 0 Å². The normalized spacial score (nSPS) is 18.8. The molecule has 0 radical (unpaired) electrons. The van der Waals surface area contributed by atoms with Crippen LogP contribution >= 0.6 is 11.3 Å². The molecule has 3 aromatic rings. The Bertz CT molecular complexity index is 858. The molecule has 3 heterocycles. The summed E-state index contributed by atoms with van der Waals surface area (Å²) in [5, 5.41) is 4.93. The zero-order chi connectivity index (χ0) is 17.4. The van der Waals surface area contributed by atoms with Gasteiger partial charge in [-0.1, -0.05) is 11.3 Å². The predicted octanol–water partition coefficient (Wildman–Crippen LogP) is 3.82. The van der Waals surface area contributed by atoms with Crippen molar-refractivity contribution in [1.29, 1.82) is 0 Å². The zero-order valence-electron chi connectivity index (χ0n) is 13.3. The lowest BCUT2D eigenvalue weighted by molar-refractivity contribution is -0.137. The molecule has 0 spiro atoms. The van der Waals surface area contributed by atoms with Crippen molar-refractivity contribution in [2.75, 3.05) is 18.0 Å². The maximum Gasteiger partial charge on any atom is 0.416 e. The first-order chi connectivity index (χ1) is 12.0. The molecule has 25 heavy (non-hydrogen) atoms. The molecule has 132 valence electrons. The van der Waals surface area contributed by atoms with E-state index in [1.807, 2.05) is 4.68 Å². The van der Waals surface area contributed by atoms with Gasteiger partial charge >= 0.3 is 6.18 Å². The Balaban J connectivity index is 1.54. The number of nitrogens with zero attached hydrogens (tertiary/aromatic N) is 5. The molecule has 1 aliphatic rings. The number of anilines is 1. The first-order valence-electron chi connectivity index (χ1n) is 8.04. The highest BCUT2D eigenvalue weighted by atomic mass is 32.1. The Kier molecular flexibility index (Phi) is 4.10. The summed E-state index contributed by atoms with van der Waals surface area (Å²) in [4.78, 5) is 10.6. The first kappa shape index (κ1) is 16.3. The van der Waals surface area contributed by atoms with Crippen molar-refractivity contribution in [3.63, 3.8) is 0 Å². The maximum absolute atomic E-state index is 12.9. The average Bonchev–Trinajstić information content (AvgIpc) is 3.22. The highest BCUT2D eigenvalue weighted by Gasteiger charge is 2.31. The number of thiazole rings is 1. The topological polar surface area (TPSA) is 46.8 Å². The minimum atomic E-state index is -4.34. The van der Waals surface area contributed by atoms with Crippen molar-refractivity contribution < 1.29 is 13.2 Å². The van der Waals surface area contributed by atoms with Crippen LogP contribution in [0.3, 0.4) is 0 Å². The number of hydrogen-bond donors (Lipinski definition) is 0. The van der Waals surface area contributed by atoms with Gasteiger partial charge in [0.05, 0.1) is 15.8 Å². The summed E-state index contributed by atoms with van der Waals surface area (Å²) in [5.41, 5.74) is -0.243. The lowest BCUT2D eigenvalue weighted by Crippen LogP contribution is -2.37. The lowest BCUT2D eigenvalue weighted by Gasteiger charge is -2.32. The van der Waals surface area contributed by atoms with Crippen LogP contribution in [0.25, 0.3) is 10.2 Å². The molecule has 4 rings (SSSR count). The highest BCUT2D eigenvalue weighted by Crippen LogP contribution is 2.36. The molecule has 2 aromatic heterocycles. The van der Waals surface area contributed by atoms with Gasteiger partial charge in [0.25, 0.3) is 0 Å². The van der Waals surface area contributed by atoms with Crippen LogP contribution in [0.2, 0.25) is 0 Å². The number of halogens is 3. The second-order valence-electron chi connectivity index (χ2n) is 6.25. The monoisotopic (exact) mass is 367 g/mol. The molecule has 0 saturated carbocycles. The first-order valence-corrected chi connectivity index (χ1v) is 8.86. The van der Waals surface area contributed by atoms with Gasteiger partial charge in [-0.2, -0.15) is 18.3 Å². The van der Waals surface area contributed by atoms with E-state index < -0.39 is 11.7 Å². The van der Waals surface area contributed by atoms with Gasteiger partial charge < -0.3 is 4.90 Å².